The summed E-state index contributed by atoms with van der Waals surface area (Å²) in [5.41, 5.74) is 0.920. The highest BCUT2D eigenvalue weighted by Crippen LogP contribution is 2.05. The first-order chi connectivity index (χ1) is 9.08. The number of hydrogen-bond acceptors (Lipinski definition) is 4. The molecule has 1 heterocycles. The molecule has 0 saturated carbocycles. The van der Waals surface area contributed by atoms with Crippen molar-refractivity contribution in [2.45, 2.75) is 6.61 Å². The van der Waals surface area contributed by atoms with E-state index in [1.54, 1.807) is 0 Å². The Morgan fingerprint density at radius 3 is 2.42 bits per heavy atom. The summed E-state index contributed by atoms with van der Waals surface area (Å²) >= 11 is 0. The summed E-state index contributed by atoms with van der Waals surface area (Å²) in [5.74, 6) is 0. The molecule has 1 fully saturated rings. The second kappa shape index (κ2) is 6.44. The van der Waals surface area contributed by atoms with E-state index >= 15 is 0 Å². The second-order valence-electron chi connectivity index (χ2n) is 4.56. The lowest BCUT2D eigenvalue weighted by Gasteiger charge is -2.31. The first kappa shape index (κ1) is 14.4. The molecule has 0 spiro atoms. The van der Waals surface area contributed by atoms with Gasteiger partial charge in [0.05, 0.1) is 6.61 Å². The van der Waals surface area contributed by atoms with E-state index < -0.39 is 10.2 Å². The quantitative estimate of drug-likeness (QED) is 0.785. The monoisotopic (exact) mass is 285 g/mol. The van der Waals surface area contributed by atoms with Crippen molar-refractivity contribution in [3.63, 3.8) is 0 Å². The molecule has 6 nitrogen and oxygen atoms in total. The minimum absolute atomic E-state index is 0.216. The lowest BCUT2D eigenvalue weighted by Crippen LogP contribution is -2.50. The van der Waals surface area contributed by atoms with Crippen LogP contribution in [0.1, 0.15) is 5.56 Å². The van der Waals surface area contributed by atoms with Crippen LogP contribution < -0.4 is 4.89 Å². The molecular weight excluding hydrogens is 266 g/mol. The van der Waals surface area contributed by atoms with Crippen molar-refractivity contribution in [1.82, 2.24) is 14.1 Å². The van der Waals surface area contributed by atoms with E-state index in [0.717, 1.165) is 18.7 Å². The van der Waals surface area contributed by atoms with Crippen molar-refractivity contribution >= 4 is 10.2 Å². The lowest BCUT2D eigenvalue weighted by molar-refractivity contribution is 0.0725. The van der Waals surface area contributed by atoms with Crippen molar-refractivity contribution in [3.05, 3.63) is 35.9 Å². The van der Waals surface area contributed by atoms with E-state index in [1.165, 1.54) is 4.31 Å². The van der Waals surface area contributed by atoms with Crippen molar-refractivity contribution in [2.24, 2.45) is 0 Å². The molecule has 0 unspecified atom stereocenters. The fourth-order valence-corrected chi connectivity index (χ4v) is 2.80. The molecule has 2 rings (SSSR count). The Morgan fingerprint density at radius 1 is 1.16 bits per heavy atom. The molecule has 0 aliphatic carbocycles. The Morgan fingerprint density at radius 2 is 1.79 bits per heavy atom. The zero-order valence-electron chi connectivity index (χ0n) is 10.9. The maximum absolute atomic E-state index is 12.0. The van der Waals surface area contributed by atoms with E-state index in [2.05, 4.69) is 9.79 Å². The van der Waals surface area contributed by atoms with Crippen LogP contribution in [-0.2, 0) is 21.7 Å². The molecule has 1 aliphatic rings. The first-order valence-electron chi connectivity index (χ1n) is 6.19. The number of nitrogens with one attached hydrogen (secondary N) is 1. The van der Waals surface area contributed by atoms with Crippen LogP contribution in [0, 0.1) is 0 Å². The van der Waals surface area contributed by atoms with Gasteiger partial charge in [-0.2, -0.15) is 12.7 Å². The Kier molecular flexibility index (Phi) is 4.89. The molecule has 0 radical (unpaired) electrons. The maximum Gasteiger partial charge on any atom is 0.301 e. The van der Waals surface area contributed by atoms with Gasteiger partial charge >= 0.3 is 10.2 Å². The fourth-order valence-electron chi connectivity index (χ4n) is 1.84. The van der Waals surface area contributed by atoms with E-state index in [4.69, 9.17) is 4.84 Å². The summed E-state index contributed by atoms with van der Waals surface area (Å²) in [6, 6.07) is 9.42. The average molecular weight is 285 g/mol. The van der Waals surface area contributed by atoms with Crippen LogP contribution >= 0.6 is 0 Å². The second-order valence-corrected chi connectivity index (χ2v) is 6.20. The molecule has 0 bridgehead atoms. The summed E-state index contributed by atoms with van der Waals surface area (Å²) in [4.78, 5) is 9.34. The molecule has 0 aromatic heterocycles. The van der Waals surface area contributed by atoms with E-state index in [0.29, 0.717) is 13.1 Å². The average Bonchev–Trinajstić information content (AvgIpc) is 2.40. The molecule has 1 aromatic rings. The summed E-state index contributed by atoms with van der Waals surface area (Å²) in [6.45, 7) is 2.66. The number of nitrogens with zero attached hydrogens (tertiary/aromatic N) is 2. The number of likely N-dealkylation sites (N-methyl/N-ethyl adjacent to an activating group) is 1. The Hall–Kier alpha value is -0.990. The zero-order valence-corrected chi connectivity index (χ0v) is 11.8. The Bertz CT molecular complexity index is 484. The number of rotatable bonds is 5. The molecule has 106 valence electrons. The molecule has 1 saturated heterocycles. The van der Waals surface area contributed by atoms with Crippen molar-refractivity contribution in [3.8, 4) is 0 Å². The van der Waals surface area contributed by atoms with Gasteiger partial charge in [0, 0.05) is 26.2 Å². The van der Waals surface area contributed by atoms with Crippen LogP contribution in [0.4, 0.5) is 0 Å². The van der Waals surface area contributed by atoms with Crippen LogP contribution in [-0.4, -0.2) is 50.8 Å². The van der Waals surface area contributed by atoms with E-state index in [1.807, 2.05) is 37.4 Å². The standard InChI is InChI=1S/C12H19N3O3S/c1-14-7-9-15(10-8-14)19(16,17)13-18-11-12-5-3-2-4-6-12/h2-6,13H,7-11H2,1H3. The van der Waals surface area contributed by atoms with Crippen molar-refractivity contribution in [1.29, 1.82) is 0 Å². The molecule has 0 amide bonds. The highest BCUT2D eigenvalue weighted by Gasteiger charge is 2.25. The highest BCUT2D eigenvalue weighted by molar-refractivity contribution is 7.87. The van der Waals surface area contributed by atoms with Gasteiger partial charge in [-0.25, -0.2) is 0 Å². The van der Waals surface area contributed by atoms with Gasteiger partial charge < -0.3 is 4.90 Å². The van der Waals surface area contributed by atoms with Gasteiger partial charge in [-0.1, -0.05) is 35.2 Å². The Labute approximate surface area is 114 Å². The SMILES string of the molecule is CN1CCN(S(=O)(=O)NOCc2ccccc2)CC1. The maximum atomic E-state index is 12.0. The van der Waals surface area contributed by atoms with Crippen LogP contribution in [0.5, 0.6) is 0 Å². The van der Waals surface area contributed by atoms with Crippen LogP contribution in [0.2, 0.25) is 0 Å². The zero-order chi connectivity index (χ0) is 13.7. The Balaban J connectivity index is 1.81. The third kappa shape index (κ3) is 4.26. The fraction of sp³-hybridized carbons (Fsp3) is 0.500. The van der Waals surface area contributed by atoms with E-state index in [-0.39, 0.29) is 6.61 Å². The summed E-state index contributed by atoms with van der Waals surface area (Å²) in [6.07, 6.45) is 0. The molecule has 7 heteroatoms. The van der Waals surface area contributed by atoms with Crippen LogP contribution in [0.3, 0.4) is 0 Å². The third-order valence-electron chi connectivity index (χ3n) is 3.05. The predicted octanol–water partition coefficient (Wildman–Crippen LogP) is 0.200. The summed E-state index contributed by atoms with van der Waals surface area (Å²) < 4.78 is 25.3. The van der Waals surface area contributed by atoms with Gasteiger partial charge in [0.25, 0.3) is 0 Å². The smallest absolute Gasteiger partial charge is 0.301 e. The van der Waals surface area contributed by atoms with Crippen molar-refractivity contribution in [2.75, 3.05) is 33.2 Å². The summed E-state index contributed by atoms with van der Waals surface area (Å²) in [5, 5.41) is 0. The highest BCUT2D eigenvalue weighted by atomic mass is 32.2. The van der Waals surface area contributed by atoms with Gasteiger partial charge in [-0.15, -0.1) is 0 Å². The van der Waals surface area contributed by atoms with Crippen LogP contribution in [0.25, 0.3) is 0 Å². The molecular formula is C12H19N3O3S. The molecule has 1 N–H and O–H groups in total. The van der Waals surface area contributed by atoms with Crippen LogP contribution in [0.15, 0.2) is 30.3 Å². The van der Waals surface area contributed by atoms with Gasteiger partial charge in [-0.05, 0) is 12.6 Å². The lowest BCUT2D eigenvalue weighted by atomic mass is 10.2. The molecule has 1 aliphatic heterocycles. The van der Waals surface area contributed by atoms with Crippen molar-refractivity contribution < 1.29 is 13.3 Å². The first-order valence-corrected chi connectivity index (χ1v) is 7.63. The minimum atomic E-state index is -3.54. The van der Waals surface area contributed by atoms with Gasteiger partial charge in [-0.3, -0.25) is 4.84 Å². The van der Waals surface area contributed by atoms with E-state index in [9.17, 15) is 8.42 Å². The predicted molar refractivity (Wildman–Crippen MR) is 72.4 cm³/mol. The van der Waals surface area contributed by atoms with Gasteiger partial charge in [0.2, 0.25) is 0 Å². The third-order valence-corrected chi connectivity index (χ3v) is 4.42. The molecule has 19 heavy (non-hydrogen) atoms. The minimum Gasteiger partial charge on any atom is -0.304 e. The topological polar surface area (TPSA) is 61.9 Å². The van der Waals surface area contributed by atoms with Gasteiger partial charge in [0.15, 0.2) is 0 Å². The van der Waals surface area contributed by atoms with Gasteiger partial charge in [0.1, 0.15) is 0 Å². The number of piperazine rings is 1. The summed E-state index contributed by atoms with van der Waals surface area (Å²) in [7, 11) is -1.57. The number of benzene rings is 1. The molecule has 1 aromatic carbocycles. The molecule has 0 atom stereocenters. The number of hydrogen-bond donors (Lipinski definition) is 1. The largest absolute Gasteiger partial charge is 0.304 e. The normalized spacial score (nSPS) is 18.6.